The van der Waals surface area contributed by atoms with Gasteiger partial charge in [0.15, 0.2) is 0 Å². The molecule has 1 saturated carbocycles. The summed E-state index contributed by atoms with van der Waals surface area (Å²) in [5.41, 5.74) is 2.12. The van der Waals surface area contributed by atoms with Gasteiger partial charge >= 0.3 is 0 Å². The van der Waals surface area contributed by atoms with Crippen molar-refractivity contribution >= 4 is 10.9 Å². The highest BCUT2D eigenvalue weighted by atomic mass is 15.3. The Morgan fingerprint density at radius 3 is 3.00 bits per heavy atom. The molecule has 1 aliphatic rings. The Bertz CT molecular complexity index is 456. The average Bonchev–Trinajstić information content (AvgIpc) is 2.87. The van der Waals surface area contributed by atoms with E-state index in [1.54, 1.807) is 6.20 Å². The largest absolute Gasteiger partial charge is 0.260 e. The maximum Gasteiger partial charge on any atom is 0.0932 e. The Hall–Kier alpha value is -1.45. The topological polar surface area (TPSA) is 43.6 Å². The molecule has 0 amide bonds. The lowest BCUT2D eigenvalue weighted by Gasteiger charge is -2.00. The third kappa shape index (κ3) is 0.946. The first-order valence-corrected chi connectivity index (χ1v) is 4.52. The summed E-state index contributed by atoms with van der Waals surface area (Å²) in [6.45, 7) is 1.98. The standard InChI is InChI=1S/C9H10N4/c1-6-9-7(4-10-12-6)5-11-13(9)8-2-3-8/h4-5,8H,2-3H2,1H3. The van der Waals surface area contributed by atoms with Crippen molar-refractivity contribution in [2.24, 2.45) is 0 Å². The van der Waals surface area contributed by atoms with Crippen molar-refractivity contribution in [2.75, 3.05) is 0 Å². The second-order valence-corrected chi connectivity index (χ2v) is 3.55. The van der Waals surface area contributed by atoms with E-state index < -0.39 is 0 Å². The minimum Gasteiger partial charge on any atom is -0.260 e. The minimum atomic E-state index is 0.611. The van der Waals surface area contributed by atoms with Gasteiger partial charge in [0.1, 0.15) is 0 Å². The van der Waals surface area contributed by atoms with Crippen molar-refractivity contribution in [1.29, 1.82) is 0 Å². The smallest absolute Gasteiger partial charge is 0.0932 e. The van der Waals surface area contributed by atoms with Gasteiger partial charge in [0, 0.05) is 5.39 Å². The number of aryl methyl sites for hydroxylation is 1. The number of aromatic nitrogens is 4. The van der Waals surface area contributed by atoms with Crippen molar-refractivity contribution in [3.8, 4) is 0 Å². The molecule has 13 heavy (non-hydrogen) atoms. The number of nitrogens with zero attached hydrogens (tertiary/aromatic N) is 4. The molecule has 2 aromatic heterocycles. The van der Waals surface area contributed by atoms with Gasteiger partial charge in [-0.2, -0.15) is 15.3 Å². The molecule has 0 unspecified atom stereocenters. The predicted octanol–water partition coefficient (Wildman–Crippen LogP) is 1.47. The molecule has 0 bridgehead atoms. The van der Waals surface area contributed by atoms with Gasteiger partial charge in [0.25, 0.3) is 0 Å². The second-order valence-electron chi connectivity index (χ2n) is 3.55. The minimum absolute atomic E-state index is 0.611. The van der Waals surface area contributed by atoms with Crippen LogP contribution in [0.15, 0.2) is 12.4 Å². The Morgan fingerprint density at radius 1 is 1.38 bits per heavy atom. The highest BCUT2D eigenvalue weighted by molar-refractivity contribution is 5.79. The third-order valence-corrected chi connectivity index (χ3v) is 2.46. The molecule has 0 aliphatic heterocycles. The van der Waals surface area contributed by atoms with E-state index in [9.17, 15) is 0 Å². The normalized spacial score (nSPS) is 16.7. The van der Waals surface area contributed by atoms with Crippen LogP contribution in [0.25, 0.3) is 10.9 Å². The summed E-state index contributed by atoms with van der Waals surface area (Å²) in [5, 5.41) is 13.4. The van der Waals surface area contributed by atoms with Crippen molar-refractivity contribution in [3.63, 3.8) is 0 Å². The lowest BCUT2D eigenvalue weighted by molar-refractivity contribution is 0.662. The zero-order valence-corrected chi connectivity index (χ0v) is 7.44. The summed E-state index contributed by atoms with van der Waals surface area (Å²) < 4.78 is 2.08. The molecule has 2 heterocycles. The van der Waals surface area contributed by atoms with Crippen molar-refractivity contribution < 1.29 is 0 Å². The van der Waals surface area contributed by atoms with Crippen LogP contribution in [-0.2, 0) is 0 Å². The van der Waals surface area contributed by atoms with Crippen LogP contribution in [0.2, 0.25) is 0 Å². The zero-order chi connectivity index (χ0) is 8.84. The zero-order valence-electron chi connectivity index (χ0n) is 7.44. The van der Waals surface area contributed by atoms with Crippen LogP contribution >= 0.6 is 0 Å². The van der Waals surface area contributed by atoms with Crippen molar-refractivity contribution in [3.05, 3.63) is 18.1 Å². The van der Waals surface area contributed by atoms with E-state index in [2.05, 4.69) is 20.0 Å². The predicted molar refractivity (Wildman–Crippen MR) is 48.3 cm³/mol. The summed E-state index contributed by atoms with van der Waals surface area (Å²) in [7, 11) is 0. The lowest BCUT2D eigenvalue weighted by atomic mass is 10.3. The molecule has 4 nitrogen and oxygen atoms in total. The summed E-state index contributed by atoms with van der Waals surface area (Å²) in [6, 6.07) is 0.611. The molecule has 3 rings (SSSR count). The SMILES string of the molecule is Cc1nncc2cnn(C3CC3)c12. The second kappa shape index (κ2) is 2.28. The highest BCUT2D eigenvalue weighted by Crippen LogP contribution is 2.36. The Morgan fingerprint density at radius 2 is 2.23 bits per heavy atom. The number of rotatable bonds is 1. The van der Waals surface area contributed by atoms with E-state index in [-0.39, 0.29) is 0 Å². The molecular weight excluding hydrogens is 164 g/mol. The molecule has 1 aliphatic carbocycles. The van der Waals surface area contributed by atoms with E-state index in [0.29, 0.717) is 6.04 Å². The fraction of sp³-hybridized carbons (Fsp3) is 0.444. The van der Waals surface area contributed by atoms with Gasteiger partial charge in [-0.1, -0.05) is 0 Å². The number of fused-ring (bicyclic) bond motifs is 1. The summed E-state index contributed by atoms with van der Waals surface area (Å²) in [4.78, 5) is 0. The van der Waals surface area contributed by atoms with Crippen molar-refractivity contribution in [2.45, 2.75) is 25.8 Å². The first-order valence-electron chi connectivity index (χ1n) is 4.52. The number of hydrogen-bond acceptors (Lipinski definition) is 3. The van der Waals surface area contributed by atoms with E-state index in [0.717, 1.165) is 16.6 Å². The van der Waals surface area contributed by atoms with Gasteiger partial charge in [-0.05, 0) is 19.8 Å². The fourth-order valence-corrected chi connectivity index (χ4v) is 1.67. The van der Waals surface area contributed by atoms with E-state index in [4.69, 9.17) is 0 Å². The summed E-state index contributed by atoms with van der Waals surface area (Å²) in [6.07, 6.45) is 6.14. The van der Waals surface area contributed by atoms with E-state index >= 15 is 0 Å². The molecule has 0 N–H and O–H groups in total. The fourth-order valence-electron chi connectivity index (χ4n) is 1.67. The van der Waals surface area contributed by atoms with Gasteiger partial charge in [0.2, 0.25) is 0 Å². The van der Waals surface area contributed by atoms with Gasteiger partial charge in [-0.15, -0.1) is 0 Å². The molecule has 1 fully saturated rings. The molecular formula is C9H10N4. The molecule has 0 spiro atoms. The maximum absolute atomic E-state index is 4.35. The van der Waals surface area contributed by atoms with Crippen LogP contribution in [0, 0.1) is 6.92 Å². The Labute approximate surface area is 75.6 Å². The molecule has 2 aromatic rings. The monoisotopic (exact) mass is 174 g/mol. The van der Waals surface area contributed by atoms with Crippen LogP contribution in [0.4, 0.5) is 0 Å². The first kappa shape index (κ1) is 7.00. The van der Waals surface area contributed by atoms with Crippen LogP contribution in [-0.4, -0.2) is 20.0 Å². The van der Waals surface area contributed by atoms with Gasteiger partial charge in [-0.25, -0.2) is 0 Å². The molecule has 0 aromatic carbocycles. The molecule has 66 valence electrons. The molecule has 0 radical (unpaired) electrons. The van der Waals surface area contributed by atoms with E-state index in [1.807, 2.05) is 13.1 Å². The third-order valence-electron chi connectivity index (χ3n) is 2.46. The Balaban J connectivity index is 2.34. The first-order chi connectivity index (χ1) is 6.36. The van der Waals surface area contributed by atoms with Gasteiger partial charge in [-0.3, -0.25) is 4.68 Å². The highest BCUT2D eigenvalue weighted by Gasteiger charge is 2.26. The van der Waals surface area contributed by atoms with Crippen LogP contribution < -0.4 is 0 Å². The van der Waals surface area contributed by atoms with E-state index in [1.165, 1.54) is 12.8 Å². The van der Waals surface area contributed by atoms with Crippen LogP contribution in [0.5, 0.6) is 0 Å². The molecule has 0 atom stereocenters. The van der Waals surface area contributed by atoms with Gasteiger partial charge < -0.3 is 0 Å². The lowest BCUT2D eigenvalue weighted by Crippen LogP contribution is -1.98. The maximum atomic E-state index is 4.35. The summed E-state index contributed by atoms with van der Waals surface area (Å²) in [5.74, 6) is 0. The molecule has 0 saturated heterocycles. The Kier molecular flexibility index (Phi) is 1.23. The van der Waals surface area contributed by atoms with Crippen molar-refractivity contribution in [1.82, 2.24) is 20.0 Å². The van der Waals surface area contributed by atoms with Gasteiger partial charge in [0.05, 0.1) is 29.6 Å². The van der Waals surface area contributed by atoms with Crippen LogP contribution in [0.3, 0.4) is 0 Å². The van der Waals surface area contributed by atoms with Crippen LogP contribution in [0.1, 0.15) is 24.6 Å². The number of hydrogen-bond donors (Lipinski definition) is 0. The molecule has 4 heteroatoms. The average molecular weight is 174 g/mol. The summed E-state index contributed by atoms with van der Waals surface area (Å²) >= 11 is 0. The quantitative estimate of drug-likeness (QED) is 0.657.